The van der Waals surface area contributed by atoms with E-state index in [1.165, 1.54) is 18.2 Å². The molecule has 0 spiro atoms. The fraction of sp³-hybridized carbons (Fsp3) is 0.231. The minimum Gasteiger partial charge on any atom is -0.338 e. The molecule has 0 aliphatic heterocycles. The van der Waals surface area contributed by atoms with E-state index in [-0.39, 0.29) is 16.6 Å². The van der Waals surface area contributed by atoms with Gasteiger partial charge in [-0.15, -0.1) is 0 Å². The molecule has 0 unspecified atom stereocenters. The average molecular weight is 319 g/mol. The number of benzene rings is 1. The van der Waals surface area contributed by atoms with Crippen LogP contribution in [0.3, 0.4) is 0 Å². The highest BCUT2D eigenvalue weighted by Crippen LogP contribution is 2.16. The zero-order chi connectivity index (χ0) is 17.0. The number of rotatable bonds is 4. The largest absolute Gasteiger partial charge is 0.338 e. The number of nitrogens with zero attached hydrogens (tertiary/aromatic N) is 3. The van der Waals surface area contributed by atoms with Crippen LogP contribution < -0.4 is 16.2 Å². The van der Waals surface area contributed by atoms with Gasteiger partial charge in [-0.05, 0) is 13.0 Å². The maximum atomic E-state index is 12.2. The Labute approximate surface area is 129 Å². The second-order valence-corrected chi connectivity index (χ2v) is 4.54. The Kier molecular flexibility index (Phi) is 4.64. The molecule has 0 fully saturated rings. The third-order valence-electron chi connectivity index (χ3n) is 2.92. The van der Waals surface area contributed by atoms with Gasteiger partial charge >= 0.3 is 6.03 Å². The Bertz CT molecular complexity index is 844. The summed E-state index contributed by atoms with van der Waals surface area (Å²) in [4.78, 5) is 49.2. The molecule has 10 heteroatoms. The number of amides is 3. The first kappa shape index (κ1) is 16.1. The van der Waals surface area contributed by atoms with E-state index < -0.39 is 29.0 Å². The van der Waals surface area contributed by atoms with Crippen molar-refractivity contribution in [3.63, 3.8) is 0 Å². The number of non-ortho nitro benzene ring substituents is 1. The molecule has 23 heavy (non-hydrogen) atoms. The van der Waals surface area contributed by atoms with Crippen LogP contribution in [-0.4, -0.2) is 33.0 Å². The topological polar surface area (TPSA) is 136 Å². The molecule has 0 aliphatic rings. The number of nitrogens with one attached hydrogen (secondary N) is 2. The molecular formula is C13H13N5O5. The number of carbonyl (C=O) groups is 2. The number of carbonyl (C=O) groups excluding carboxylic acids is 2. The highest BCUT2D eigenvalue weighted by atomic mass is 16.6. The number of nitro groups is 1. The first-order valence-corrected chi connectivity index (χ1v) is 6.63. The van der Waals surface area contributed by atoms with Crippen molar-refractivity contribution in [2.24, 2.45) is 0 Å². The van der Waals surface area contributed by atoms with Gasteiger partial charge in [0.2, 0.25) is 5.91 Å². The summed E-state index contributed by atoms with van der Waals surface area (Å²) in [5.74, 6) is -0.680. The van der Waals surface area contributed by atoms with Crippen LogP contribution in [0.25, 0.3) is 10.9 Å². The Balaban J connectivity index is 2.26. The van der Waals surface area contributed by atoms with Crippen molar-refractivity contribution in [3.05, 3.63) is 45.0 Å². The van der Waals surface area contributed by atoms with Crippen molar-refractivity contribution < 1.29 is 14.5 Å². The van der Waals surface area contributed by atoms with Gasteiger partial charge < -0.3 is 5.32 Å². The predicted molar refractivity (Wildman–Crippen MR) is 79.9 cm³/mol. The minimum absolute atomic E-state index is 0.143. The van der Waals surface area contributed by atoms with Gasteiger partial charge in [0.15, 0.2) is 0 Å². The van der Waals surface area contributed by atoms with Crippen molar-refractivity contribution >= 4 is 28.5 Å². The average Bonchev–Trinajstić information content (AvgIpc) is 2.49. The van der Waals surface area contributed by atoms with Crippen LogP contribution in [0.4, 0.5) is 10.5 Å². The summed E-state index contributed by atoms with van der Waals surface area (Å²) in [6, 6.07) is 2.98. The van der Waals surface area contributed by atoms with E-state index in [1.807, 2.05) is 0 Å². The molecule has 2 N–H and O–H groups in total. The molecule has 0 radical (unpaired) electrons. The van der Waals surface area contributed by atoms with E-state index in [0.717, 1.165) is 10.9 Å². The normalized spacial score (nSPS) is 10.3. The number of imide groups is 1. The molecule has 2 aromatic rings. The summed E-state index contributed by atoms with van der Waals surface area (Å²) >= 11 is 0. The lowest BCUT2D eigenvalue weighted by Crippen LogP contribution is -2.42. The lowest BCUT2D eigenvalue weighted by molar-refractivity contribution is -0.384. The third kappa shape index (κ3) is 3.67. The predicted octanol–water partition coefficient (Wildman–Crippen LogP) is 0.150. The summed E-state index contributed by atoms with van der Waals surface area (Å²) in [6.45, 7) is 1.66. The highest BCUT2D eigenvalue weighted by molar-refractivity contribution is 5.94. The van der Waals surface area contributed by atoms with Crippen LogP contribution >= 0.6 is 0 Å². The van der Waals surface area contributed by atoms with Gasteiger partial charge in [0.05, 0.1) is 22.2 Å². The summed E-state index contributed by atoms with van der Waals surface area (Å²) < 4.78 is 1.02. The maximum Gasteiger partial charge on any atom is 0.321 e. The monoisotopic (exact) mass is 319 g/mol. The fourth-order valence-corrected chi connectivity index (χ4v) is 1.90. The van der Waals surface area contributed by atoms with Gasteiger partial charge in [-0.3, -0.25) is 29.6 Å². The summed E-state index contributed by atoms with van der Waals surface area (Å²) in [5.41, 5.74) is -0.559. The Hall–Kier alpha value is -3.30. The van der Waals surface area contributed by atoms with Crippen LogP contribution in [0.15, 0.2) is 29.3 Å². The van der Waals surface area contributed by atoms with Gasteiger partial charge in [-0.25, -0.2) is 9.78 Å². The molecule has 1 aromatic heterocycles. The molecule has 3 amide bonds. The molecule has 10 nitrogen and oxygen atoms in total. The molecule has 0 saturated carbocycles. The summed E-state index contributed by atoms with van der Waals surface area (Å²) in [5, 5.41) is 15.3. The Morgan fingerprint density at radius 1 is 1.39 bits per heavy atom. The number of urea groups is 1. The first-order chi connectivity index (χ1) is 10.9. The van der Waals surface area contributed by atoms with E-state index in [1.54, 1.807) is 6.92 Å². The Morgan fingerprint density at radius 2 is 2.13 bits per heavy atom. The van der Waals surface area contributed by atoms with E-state index in [4.69, 9.17) is 0 Å². The van der Waals surface area contributed by atoms with E-state index >= 15 is 0 Å². The molecule has 0 aliphatic carbocycles. The SMILES string of the molecule is CCNC(=O)NC(=O)Cn1cnc2cc([N+](=O)[O-])ccc2c1=O. The quantitative estimate of drug-likeness (QED) is 0.608. The molecule has 0 bridgehead atoms. The van der Waals surface area contributed by atoms with Crippen LogP contribution in [0.2, 0.25) is 0 Å². The van der Waals surface area contributed by atoms with E-state index in [9.17, 15) is 24.5 Å². The molecule has 1 aromatic carbocycles. The molecule has 2 rings (SSSR count). The van der Waals surface area contributed by atoms with Gasteiger partial charge in [0.1, 0.15) is 6.54 Å². The molecule has 0 atom stereocenters. The van der Waals surface area contributed by atoms with Crippen LogP contribution in [0, 0.1) is 10.1 Å². The van der Waals surface area contributed by atoms with Gasteiger partial charge in [-0.2, -0.15) is 0 Å². The zero-order valence-electron chi connectivity index (χ0n) is 12.1. The van der Waals surface area contributed by atoms with Crippen molar-refractivity contribution in [1.29, 1.82) is 0 Å². The fourth-order valence-electron chi connectivity index (χ4n) is 1.90. The Morgan fingerprint density at radius 3 is 2.78 bits per heavy atom. The number of fused-ring (bicyclic) bond motifs is 1. The standard InChI is InChI=1S/C13H13N5O5/c1-2-14-13(21)16-11(19)6-17-7-15-10-5-8(18(22)23)3-4-9(10)12(17)20/h3-5,7H,2,6H2,1H3,(H2,14,16,19,21). The lowest BCUT2D eigenvalue weighted by atomic mass is 10.2. The highest BCUT2D eigenvalue weighted by Gasteiger charge is 2.13. The van der Waals surface area contributed by atoms with Crippen molar-refractivity contribution in [1.82, 2.24) is 20.2 Å². The summed E-state index contributed by atoms with van der Waals surface area (Å²) in [7, 11) is 0. The van der Waals surface area contributed by atoms with Crippen molar-refractivity contribution in [2.75, 3.05) is 6.54 Å². The second-order valence-electron chi connectivity index (χ2n) is 4.54. The van der Waals surface area contributed by atoms with Gasteiger partial charge in [0, 0.05) is 18.7 Å². The number of hydrogen-bond donors (Lipinski definition) is 2. The zero-order valence-corrected chi connectivity index (χ0v) is 12.1. The van der Waals surface area contributed by atoms with Crippen LogP contribution in [-0.2, 0) is 11.3 Å². The van der Waals surface area contributed by atoms with E-state index in [0.29, 0.717) is 6.54 Å². The van der Waals surface area contributed by atoms with Gasteiger partial charge in [-0.1, -0.05) is 0 Å². The van der Waals surface area contributed by atoms with Crippen LogP contribution in [0.1, 0.15) is 6.92 Å². The smallest absolute Gasteiger partial charge is 0.321 e. The maximum absolute atomic E-state index is 12.2. The third-order valence-corrected chi connectivity index (χ3v) is 2.92. The van der Waals surface area contributed by atoms with E-state index in [2.05, 4.69) is 15.6 Å². The number of aromatic nitrogens is 2. The lowest BCUT2D eigenvalue weighted by Gasteiger charge is -2.07. The molecule has 120 valence electrons. The molecule has 1 heterocycles. The van der Waals surface area contributed by atoms with Crippen molar-refractivity contribution in [2.45, 2.75) is 13.5 Å². The number of nitro benzene ring substituents is 1. The molecular weight excluding hydrogens is 306 g/mol. The number of hydrogen-bond acceptors (Lipinski definition) is 6. The second kappa shape index (κ2) is 6.64. The van der Waals surface area contributed by atoms with Crippen molar-refractivity contribution in [3.8, 4) is 0 Å². The van der Waals surface area contributed by atoms with Crippen LogP contribution in [0.5, 0.6) is 0 Å². The van der Waals surface area contributed by atoms with Gasteiger partial charge in [0.25, 0.3) is 11.2 Å². The summed E-state index contributed by atoms with van der Waals surface area (Å²) in [6.07, 6.45) is 1.10. The molecule has 0 saturated heterocycles. The minimum atomic E-state index is -0.680. The first-order valence-electron chi connectivity index (χ1n) is 6.63.